The first-order valence-corrected chi connectivity index (χ1v) is 12.9. The fraction of sp³-hybridized carbons (Fsp3) is 0.333. The van der Waals surface area contributed by atoms with Crippen LogP contribution in [-0.2, 0) is 0 Å². The number of nitrogens with zero attached hydrogens (tertiary/aromatic N) is 3. The number of hydrogen-bond acceptors (Lipinski definition) is 6. The van der Waals surface area contributed by atoms with Crippen molar-refractivity contribution in [2.45, 2.75) is 38.8 Å². The molecule has 4 aliphatic rings. The molecule has 0 spiro atoms. The average Bonchev–Trinajstić information content (AvgIpc) is 3.20. The summed E-state index contributed by atoms with van der Waals surface area (Å²) < 4.78 is 13.7. The van der Waals surface area contributed by atoms with E-state index in [2.05, 4.69) is 70.4 Å². The van der Waals surface area contributed by atoms with Crippen molar-refractivity contribution in [3.8, 4) is 11.1 Å². The van der Waals surface area contributed by atoms with Gasteiger partial charge in [-0.25, -0.2) is 9.38 Å². The molecule has 6 nitrogen and oxygen atoms in total. The van der Waals surface area contributed by atoms with Crippen LogP contribution in [0.4, 0.5) is 10.1 Å². The number of carbonyl (C=O) groups is 1. The lowest BCUT2D eigenvalue weighted by molar-refractivity contribution is 0.104. The first-order chi connectivity index (χ1) is 17.9. The number of fused-ring (bicyclic) bond motifs is 2. The van der Waals surface area contributed by atoms with Gasteiger partial charge in [-0.15, -0.1) is 0 Å². The molecule has 0 amide bonds. The van der Waals surface area contributed by atoms with E-state index in [0.717, 1.165) is 48.4 Å². The Hall–Kier alpha value is -3.73. The van der Waals surface area contributed by atoms with Crippen molar-refractivity contribution in [3.63, 3.8) is 0 Å². The topological polar surface area (TPSA) is 74.0 Å². The molecule has 2 unspecified atom stereocenters. The van der Waals surface area contributed by atoms with Crippen molar-refractivity contribution in [2.75, 3.05) is 31.1 Å². The number of piperazine rings is 1. The maximum absolute atomic E-state index is 13.7. The summed E-state index contributed by atoms with van der Waals surface area (Å²) in [7, 11) is 0. The van der Waals surface area contributed by atoms with Crippen LogP contribution in [0.15, 0.2) is 64.7 Å². The quantitative estimate of drug-likeness (QED) is 0.673. The third-order valence-electron chi connectivity index (χ3n) is 7.59. The number of rotatable bonds is 4. The van der Waals surface area contributed by atoms with E-state index in [1.807, 2.05) is 0 Å². The lowest BCUT2D eigenvalue weighted by Gasteiger charge is -2.38. The summed E-state index contributed by atoms with van der Waals surface area (Å²) in [6.07, 6.45) is 3.47. The van der Waals surface area contributed by atoms with E-state index in [0.29, 0.717) is 28.6 Å². The molecule has 2 aliphatic carbocycles. The van der Waals surface area contributed by atoms with E-state index < -0.39 is 12.5 Å². The van der Waals surface area contributed by atoms with Gasteiger partial charge < -0.3 is 10.2 Å². The summed E-state index contributed by atoms with van der Waals surface area (Å²) in [6, 6.07) is 17.0. The number of halogens is 1. The van der Waals surface area contributed by atoms with Gasteiger partial charge in [0.05, 0.1) is 17.0 Å². The van der Waals surface area contributed by atoms with Gasteiger partial charge in [-0.3, -0.25) is 15.4 Å². The SMILES string of the molecule is CC(C)N1CCN(c2ccc(-c3c#ccc4c3C3=C(C4=O)C(C4=CCC(F)C=C4)=NC(N)N3)cc2)CC1. The number of nitrogens with two attached hydrogens (primary N) is 1. The Labute approximate surface area is 217 Å². The van der Waals surface area contributed by atoms with Gasteiger partial charge in [-0.1, -0.05) is 36.4 Å². The van der Waals surface area contributed by atoms with E-state index >= 15 is 0 Å². The fourth-order valence-corrected chi connectivity index (χ4v) is 5.56. The number of aliphatic imine (C=N–C) groups is 1. The highest BCUT2D eigenvalue weighted by atomic mass is 19.1. The van der Waals surface area contributed by atoms with Crippen LogP contribution in [0.5, 0.6) is 0 Å². The van der Waals surface area contributed by atoms with Crippen molar-refractivity contribution in [3.05, 3.63) is 83.0 Å². The molecule has 1 fully saturated rings. The zero-order valence-electron chi connectivity index (χ0n) is 21.1. The molecular formula is C30H30FN5O. The number of Topliss-reactive ketones (excluding diaryl/α,β-unsaturated/α-hetero) is 1. The second-order valence-corrected chi connectivity index (χ2v) is 10.2. The molecule has 0 aromatic heterocycles. The third-order valence-corrected chi connectivity index (χ3v) is 7.59. The highest BCUT2D eigenvalue weighted by Gasteiger charge is 2.38. The third kappa shape index (κ3) is 4.16. The monoisotopic (exact) mass is 495 g/mol. The van der Waals surface area contributed by atoms with Crippen LogP contribution in [0.25, 0.3) is 16.8 Å². The summed E-state index contributed by atoms with van der Waals surface area (Å²) in [5, 5.41) is 3.21. The molecular weight excluding hydrogens is 465 g/mol. The van der Waals surface area contributed by atoms with E-state index in [9.17, 15) is 9.18 Å². The normalized spacial score (nSPS) is 23.4. The van der Waals surface area contributed by atoms with Gasteiger partial charge in [0.1, 0.15) is 6.17 Å². The largest absolute Gasteiger partial charge is 0.369 e. The fourth-order valence-electron chi connectivity index (χ4n) is 5.56. The van der Waals surface area contributed by atoms with E-state index in [4.69, 9.17) is 5.73 Å². The van der Waals surface area contributed by atoms with Crippen LogP contribution < -0.4 is 16.0 Å². The van der Waals surface area contributed by atoms with Crippen molar-refractivity contribution in [1.29, 1.82) is 0 Å². The molecule has 37 heavy (non-hydrogen) atoms. The van der Waals surface area contributed by atoms with E-state index in [1.165, 1.54) is 11.8 Å². The van der Waals surface area contributed by atoms with Gasteiger partial charge in [0, 0.05) is 67.1 Å². The molecule has 2 aliphatic heterocycles. The highest BCUT2D eigenvalue weighted by molar-refractivity contribution is 6.41. The zero-order valence-corrected chi connectivity index (χ0v) is 21.1. The van der Waals surface area contributed by atoms with E-state index in [-0.39, 0.29) is 12.2 Å². The van der Waals surface area contributed by atoms with Gasteiger partial charge in [0.2, 0.25) is 0 Å². The average molecular weight is 496 g/mol. The molecule has 188 valence electrons. The minimum Gasteiger partial charge on any atom is -0.369 e. The van der Waals surface area contributed by atoms with Crippen molar-refractivity contribution >= 4 is 22.9 Å². The van der Waals surface area contributed by atoms with Crippen molar-refractivity contribution in [2.24, 2.45) is 10.7 Å². The number of nitrogens with one attached hydrogen (secondary N) is 1. The number of carbonyl (C=O) groups excluding carboxylic acids is 1. The molecule has 3 N–H and O–H groups in total. The predicted octanol–water partition coefficient (Wildman–Crippen LogP) is 3.90. The van der Waals surface area contributed by atoms with E-state index in [1.54, 1.807) is 18.2 Å². The van der Waals surface area contributed by atoms with Gasteiger partial charge in [-0.05, 0) is 43.2 Å². The van der Waals surface area contributed by atoms with Gasteiger partial charge >= 0.3 is 0 Å². The molecule has 2 aromatic carbocycles. The molecule has 0 saturated carbocycles. The van der Waals surface area contributed by atoms with Crippen molar-refractivity contribution < 1.29 is 9.18 Å². The number of hydrogen-bond donors (Lipinski definition) is 2. The molecule has 0 bridgehead atoms. The van der Waals surface area contributed by atoms with Gasteiger partial charge in [0.25, 0.3) is 0 Å². The number of benzene rings is 1. The van der Waals surface area contributed by atoms with Crippen LogP contribution in [0, 0.1) is 12.1 Å². The van der Waals surface area contributed by atoms with Gasteiger partial charge in [-0.2, -0.15) is 0 Å². The van der Waals surface area contributed by atoms with Crippen molar-refractivity contribution in [1.82, 2.24) is 10.2 Å². The summed E-state index contributed by atoms with van der Waals surface area (Å²) in [5.74, 6) is -0.133. The smallest absolute Gasteiger partial charge is 0.198 e. The second-order valence-electron chi connectivity index (χ2n) is 10.2. The predicted molar refractivity (Wildman–Crippen MR) is 145 cm³/mol. The Kier molecular flexibility index (Phi) is 5.94. The molecule has 2 heterocycles. The summed E-state index contributed by atoms with van der Waals surface area (Å²) in [5.41, 5.74) is 12.8. The number of alkyl halides is 1. The molecule has 1 saturated heterocycles. The molecule has 0 radical (unpaired) electrons. The zero-order chi connectivity index (χ0) is 25.7. The summed E-state index contributed by atoms with van der Waals surface area (Å²) in [6.45, 7) is 8.60. The van der Waals surface area contributed by atoms with Crippen LogP contribution in [0.1, 0.15) is 36.2 Å². The Balaban J connectivity index is 1.33. The number of allylic oxidation sites excluding steroid dienone is 5. The maximum Gasteiger partial charge on any atom is 0.198 e. The van der Waals surface area contributed by atoms with Crippen LogP contribution >= 0.6 is 0 Å². The highest BCUT2D eigenvalue weighted by Crippen LogP contribution is 2.41. The first-order valence-electron chi connectivity index (χ1n) is 12.9. The Bertz CT molecular complexity index is 1360. The number of anilines is 1. The maximum atomic E-state index is 13.7. The lowest BCUT2D eigenvalue weighted by atomic mass is 9.93. The minimum atomic E-state index is -1.03. The minimum absolute atomic E-state index is 0.133. The standard InChI is InChI=1S/C30H30FN5O/c1-18(2)35-14-16-36(17-15-35)22-12-8-19(9-13-22)23-4-3-5-24-25(23)28-26(29(24)37)27(33-30(32)34-28)20-6-10-21(31)11-7-20/h5-10,12-13,18,21,30,34H,11,14-17,32H2,1-2H3. The van der Waals surface area contributed by atoms with Crippen LogP contribution in [0.3, 0.4) is 0 Å². The first kappa shape index (κ1) is 23.7. The summed E-state index contributed by atoms with van der Waals surface area (Å²) >= 11 is 0. The summed E-state index contributed by atoms with van der Waals surface area (Å²) in [4.78, 5) is 23.0. The Morgan fingerprint density at radius 2 is 1.92 bits per heavy atom. The van der Waals surface area contributed by atoms with Gasteiger partial charge in [0.15, 0.2) is 12.1 Å². The number of ketones is 1. The lowest BCUT2D eigenvalue weighted by Crippen LogP contribution is -2.48. The van der Waals surface area contributed by atoms with Crippen LogP contribution in [0.2, 0.25) is 0 Å². The molecule has 7 heteroatoms. The Morgan fingerprint density at radius 3 is 2.59 bits per heavy atom. The Morgan fingerprint density at radius 1 is 1.16 bits per heavy atom. The molecule has 2 atom stereocenters. The molecule has 2 aromatic rings. The van der Waals surface area contributed by atoms with Crippen LogP contribution in [-0.4, -0.2) is 61.1 Å². The second kappa shape index (κ2) is 9.29. The molecule has 6 rings (SSSR count).